The average Bonchev–Trinajstić information content (AvgIpc) is 3.05. The third kappa shape index (κ3) is 4.62. The highest BCUT2D eigenvalue weighted by molar-refractivity contribution is 7.99. The maximum atomic E-state index is 12.2. The average molecular weight is 421 g/mol. The van der Waals surface area contributed by atoms with Gasteiger partial charge in [0.05, 0.1) is 16.3 Å². The molecule has 0 atom stereocenters. The summed E-state index contributed by atoms with van der Waals surface area (Å²) >= 11 is 7.16. The van der Waals surface area contributed by atoms with E-state index in [-0.39, 0.29) is 28.6 Å². The standard InChI is InChI=1S/C18H14ClN3O5S/c19-13-7-6-11(17(24)25)10-14(13)20-15(23)8-9-28-16-18(26)27-21-22(16)12-4-2-1-3-5-12/h1-7,10H,8-9H2,(H2-,20,21,23,24,25,26)/p+1. The van der Waals surface area contributed by atoms with Crippen LogP contribution in [0.15, 0.2) is 62.9 Å². The van der Waals surface area contributed by atoms with Crippen LogP contribution in [0.4, 0.5) is 5.69 Å². The molecule has 10 heteroatoms. The van der Waals surface area contributed by atoms with Crippen LogP contribution in [-0.2, 0) is 4.79 Å². The van der Waals surface area contributed by atoms with Crippen LogP contribution in [0, 0.1) is 0 Å². The highest BCUT2D eigenvalue weighted by atomic mass is 35.5. The van der Waals surface area contributed by atoms with Gasteiger partial charge in [0, 0.05) is 24.3 Å². The van der Waals surface area contributed by atoms with Gasteiger partial charge in [0.2, 0.25) is 11.6 Å². The van der Waals surface area contributed by atoms with Crippen molar-refractivity contribution in [2.24, 2.45) is 0 Å². The van der Waals surface area contributed by atoms with Crippen LogP contribution in [0.2, 0.25) is 5.02 Å². The molecule has 3 aromatic rings. The van der Waals surface area contributed by atoms with E-state index in [9.17, 15) is 14.4 Å². The Labute approximate surface area is 168 Å². The number of para-hydroxylation sites is 1. The second-order valence-corrected chi connectivity index (χ2v) is 7.09. The Balaban J connectivity index is 1.63. The highest BCUT2D eigenvalue weighted by Crippen LogP contribution is 2.23. The number of carbonyl (C=O) groups excluding carboxylic acids is 1. The number of aromatic carboxylic acids is 1. The molecule has 1 aromatic heterocycles. The second-order valence-electron chi connectivity index (χ2n) is 5.60. The van der Waals surface area contributed by atoms with Gasteiger partial charge in [-0.15, -0.1) is 0 Å². The maximum absolute atomic E-state index is 12.2. The largest absolute Gasteiger partial charge is 0.478 e. The van der Waals surface area contributed by atoms with Crippen molar-refractivity contribution in [1.29, 1.82) is 0 Å². The molecule has 0 spiro atoms. The van der Waals surface area contributed by atoms with Gasteiger partial charge < -0.3 is 10.4 Å². The Morgan fingerprint density at radius 3 is 2.68 bits per heavy atom. The summed E-state index contributed by atoms with van der Waals surface area (Å²) in [5.74, 6) is -1.17. The molecule has 0 radical (unpaired) electrons. The number of carboxylic acids is 1. The number of nitrogens with one attached hydrogen (secondary N) is 2. The van der Waals surface area contributed by atoms with E-state index in [2.05, 4.69) is 10.6 Å². The molecule has 3 rings (SSSR count). The van der Waals surface area contributed by atoms with E-state index in [0.717, 1.165) is 17.4 Å². The second kappa shape index (κ2) is 8.77. The molecule has 144 valence electrons. The molecule has 0 saturated carbocycles. The Morgan fingerprint density at radius 1 is 1.21 bits per heavy atom. The first-order valence-corrected chi connectivity index (χ1v) is 9.46. The first-order valence-electron chi connectivity index (χ1n) is 8.10. The van der Waals surface area contributed by atoms with E-state index in [1.807, 2.05) is 18.2 Å². The third-order valence-corrected chi connectivity index (χ3v) is 5.04. The minimum atomic E-state index is -1.12. The Kier molecular flexibility index (Phi) is 6.17. The number of carboxylic acid groups (broad SMARTS) is 1. The van der Waals surface area contributed by atoms with Crippen LogP contribution in [0.1, 0.15) is 16.8 Å². The molecule has 0 saturated heterocycles. The topological polar surface area (TPSA) is 116 Å². The van der Waals surface area contributed by atoms with Crippen molar-refractivity contribution in [2.45, 2.75) is 11.4 Å². The number of nitrogens with zero attached hydrogens (tertiary/aromatic N) is 1. The zero-order chi connectivity index (χ0) is 20.1. The molecule has 0 fully saturated rings. The lowest BCUT2D eigenvalue weighted by Gasteiger charge is -2.07. The molecule has 0 bridgehead atoms. The summed E-state index contributed by atoms with van der Waals surface area (Å²) in [6.07, 6.45) is 0.0811. The summed E-state index contributed by atoms with van der Waals surface area (Å²) in [5.41, 5.74) is 0.420. The van der Waals surface area contributed by atoms with Crippen molar-refractivity contribution in [3.8, 4) is 5.69 Å². The van der Waals surface area contributed by atoms with Crippen molar-refractivity contribution in [3.63, 3.8) is 0 Å². The summed E-state index contributed by atoms with van der Waals surface area (Å²) in [6.45, 7) is 0. The number of H-pyrrole nitrogens is 1. The van der Waals surface area contributed by atoms with Crippen LogP contribution < -0.4 is 15.6 Å². The van der Waals surface area contributed by atoms with E-state index in [4.69, 9.17) is 21.2 Å². The Bertz CT molecular complexity index is 1060. The molecule has 1 amide bonds. The SMILES string of the molecule is O=C(CCSc1c(=O)o[nH][n+]1-c1ccccc1)Nc1cc(C(=O)O)ccc1Cl. The molecular weight excluding hydrogens is 406 g/mol. The smallest absolute Gasteiger partial charge is 0.442 e. The fourth-order valence-electron chi connectivity index (χ4n) is 2.34. The molecule has 0 aliphatic rings. The summed E-state index contributed by atoms with van der Waals surface area (Å²) in [4.78, 5) is 35.1. The van der Waals surface area contributed by atoms with Crippen molar-refractivity contribution >= 4 is 40.9 Å². The molecule has 28 heavy (non-hydrogen) atoms. The van der Waals surface area contributed by atoms with Gasteiger partial charge >= 0.3 is 16.6 Å². The zero-order valence-electron chi connectivity index (χ0n) is 14.3. The first kappa shape index (κ1) is 19.7. The monoisotopic (exact) mass is 420 g/mol. The van der Waals surface area contributed by atoms with E-state index < -0.39 is 11.6 Å². The molecule has 1 heterocycles. The summed E-state index contributed by atoms with van der Waals surface area (Å²) < 4.78 is 6.34. The summed E-state index contributed by atoms with van der Waals surface area (Å²) in [7, 11) is 0. The van der Waals surface area contributed by atoms with Gasteiger partial charge in [-0.2, -0.15) is 0 Å². The number of benzene rings is 2. The van der Waals surface area contributed by atoms with Gasteiger partial charge in [-0.3, -0.25) is 9.32 Å². The lowest BCUT2D eigenvalue weighted by molar-refractivity contribution is -0.704. The van der Waals surface area contributed by atoms with Crippen molar-refractivity contribution < 1.29 is 23.9 Å². The van der Waals surface area contributed by atoms with E-state index in [0.29, 0.717) is 10.8 Å². The first-order chi connectivity index (χ1) is 13.5. The summed E-state index contributed by atoms with van der Waals surface area (Å²) in [6, 6.07) is 13.2. The lowest BCUT2D eigenvalue weighted by Crippen LogP contribution is -2.36. The zero-order valence-corrected chi connectivity index (χ0v) is 15.9. The number of anilines is 1. The van der Waals surface area contributed by atoms with Crippen LogP contribution in [0.3, 0.4) is 0 Å². The fourth-order valence-corrected chi connectivity index (χ4v) is 3.42. The molecule has 0 unspecified atom stereocenters. The van der Waals surface area contributed by atoms with Crippen molar-refractivity contribution in [2.75, 3.05) is 11.1 Å². The number of rotatable bonds is 7. The summed E-state index contributed by atoms with van der Waals surface area (Å²) in [5, 5.41) is 14.7. The third-order valence-electron chi connectivity index (χ3n) is 3.68. The van der Waals surface area contributed by atoms with E-state index in [1.54, 1.807) is 12.1 Å². The number of thioether (sulfide) groups is 1. The van der Waals surface area contributed by atoms with Gasteiger partial charge in [-0.25, -0.2) is 9.59 Å². The van der Waals surface area contributed by atoms with Crippen LogP contribution in [-0.4, -0.2) is 28.0 Å². The quantitative estimate of drug-likeness (QED) is 0.399. The van der Waals surface area contributed by atoms with Gasteiger partial charge in [-0.1, -0.05) is 29.8 Å². The van der Waals surface area contributed by atoms with Gasteiger partial charge in [0.25, 0.3) is 0 Å². The fraction of sp³-hybridized carbons (Fsp3) is 0.111. The number of amides is 1. The minimum absolute atomic E-state index is 0.0166. The number of aromatic nitrogens is 2. The predicted molar refractivity (Wildman–Crippen MR) is 103 cm³/mol. The predicted octanol–water partition coefficient (Wildman–Crippen LogP) is 2.72. The van der Waals surface area contributed by atoms with Crippen LogP contribution >= 0.6 is 23.4 Å². The van der Waals surface area contributed by atoms with Gasteiger partial charge in [0.15, 0.2) is 0 Å². The molecule has 3 N–H and O–H groups in total. The van der Waals surface area contributed by atoms with Gasteiger partial charge in [0.1, 0.15) is 0 Å². The number of aromatic amines is 1. The molecule has 8 nitrogen and oxygen atoms in total. The van der Waals surface area contributed by atoms with Crippen molar-refractivity contribution in [3.05, 3.63) is 69.5 Å². The Hall–Kier alpha value is -3.04. The van der Waals surface area contributed by atoms with Gasteiger partial charge in [-0.05, 0) is 39.9 Å². The van der Waals surface area contributed by atoms with E-state index >= 15 is 0 Å². The number of hydrogen-bond donors (Lipinski definition) is 3. The van der Waals surface area contributed by atoms with Crippen LogP contribution in [0.5, 0.6) is 0 Å². The minimum Gasteiger partial charge on any atom is -0.478 e. The number of halogens is 1. The van der Waals surface area contributed by atoms with E-state index in [1.165, 1.54) is 22.9 Å². The lowest BCUT2D eigenvalue weighted by atomic mass is 10.2. The van der Waals surface area contributed by atoms with Crippen LogP contribution in [0.25, 0.3) is 5.69 Å². The normalized spacial score (nSPS) is 10.6. The highest BCUT2D eigenvalue weighted by Gasteiger charge is 2.24. The molecule has 0 aliphatic heterocycles. The maximum Gasteiger partial charge on any atom is 0.442 e. The molecule has 0 aliphatic carbocycles. The number of hydrogen-bond acceptors (Lipinski definition) is 5. The Morgan fingerprint density at radius 2 is 1.96 bits per heavy atom. The molecule has 2 aromatic carbocycles. The molecular formula is C18H15ClN3O5S+. The van der Waals surface area contributed by atoms with Crippen molar-refractivity contribution in [1.82, 2.24) is 5.27 Å². The number of carbonyl (C=O) groups is 2.